The number of halogens is 4. The molecule has 1 amide bonds. The number of hydrogen-bond acceptors (Lipinski definition) is 9. The van der Waals surface area contributed by atoms with E-state index >= 15 is 0 Å². The van der Waals surface area contributed by atoms with Crippen molar-refractivity contribution in [1.29, 1.82) is 0 Å². The highest BCUT2D eigenvalue weighted by Crippen LogP contribution is 2.37. The molecule has 0 bridgehead atoms. The fourth-order valence-electron chi connectivity index (χ4n) is 3.77. The van der Waals surface area contributed by atoms with Gasteiger partial charge >= 0.3 is 6.61 Å². The van der Waals surface area contributed by atoms with Crippen molar-refractivity contribution >= 4 is 15.7 Å². The number of sulfone groups is 1. The van der Waals surface area contributed by atoms with E-state index < -0.39 is 57.5 Å². The Labute approximate surface area is 226 Å². The topological polar surface area (TPSA) is 147 Å². The number of alkyl halides is 2. The second kappa shape index (κ2) is 11.8. The molecule has 2 aromatic heterocycles. The number of amides is 1. The smallest absolute Gasteiger partial charge is 0.387 e. The highest BCUT2D eigenvalue weighted by molar-refractivity contribution is 7.90. The van der Waals surface area contributed by atoms with Crippen molar-refractivity contribution in [2.24, 2.45) is 11.7 Å². The van der Waals surface area contributed by atoms with E-state index in [1.807, 2.05) is 0 Å². The summed E-state index contributed by atoms with van der Waals surface area (Å²) in [6.45, 7) is -1.29. The molecule has 2 atom stereocenters. The summed E-state index contributed by atoms with van der Waals surface area (Å²) in [5, 5.41) is 2.36. The first kappa shape index (κ1) is 29.3. The Hall–Kier alpha value is -3.72. The first-order valence-corrected chi connectivity index (χ1v) is 14.1. The lowest BCUT2D eigenvalue weighted by Gasteiger charge is -2.18. The zero-order valence-corrected chi connectivity index (χ0v) is 22.2. The maximum Gasteiger partial charge on any atom is 0.387 e. The summed E-state index contributed by atoms with van der Waals surface area (Å²) in [7, 11) is -3.78. The largest absolute Gasteiger partial charge is 0.489 e. The fraction of sp³-hybridized carbons (Fsp3) is 0.400. The summed E-state index contributed by atoms with van der Waals surface area (Å²) < 4.78 is 93.6. The predicted octanol–water partition coefficient (Wildman–Crippen LogP) is 3.94. The van der Waals surface area contributed by atoms with Gasteiger partial charge in [-0.25, -0.2) is 22.2 Å². The molecule has 216 valence electrons. The standard InChI is InChI=1S/C25H26F4N4O6S/c1-12(30)22-21(23(34)32-17(11-40(2,35)36)20-16(27)8-15(26)9-31-20)33-24(39-22)14-5-6-18(38-25(28)29)19(7-14)37-10-13-3-4-13/h5-9,12-13,17,25H,3-4,10-11,30H2,1-2H3,(H,32,34)/t12-,17+/m0/s1. The van der Waals surface area contributed by atoms with Crippen molar-refractivity contribution in [3.8, 4) is 23.0 Å². The van der Waals surface area contributed by atoms with E-state index in [0.717, 1.165) is 19.1 Å². The quantitative estimate of drug-likeness (QED) is 0.301. The normalized spacial score (nSPS) is 15.1. The van der Waals surface area contributed by atoms with Crippen molar-refractivity contribution in [2.45, 2.75) is 38.5 Å². The molecule has 10 nitrogen and oxygen atoms in total. The van der Waals surface area contributed by atoms with E-state index in [9.17, 15) is 30.8 Å². The van der Waals surface area contributed by atoms with Crippen LogP contribution in [0.3, 0.4) is 0 Å². The van der Waals surface area contributed by atoms with Gasteiger partial charge in [-0.1, -0.05) is 0 Å². The van der Waals surface area contributed by atoms with Crippen LogP contribution in [0.2, 0.25) is 0 Å². The SMILES string of the molecule is C[C@H](N)c1oc(-c2ccc(OC(F)F)c(OCC3CC3)c2)nc1C(=O)N[C@H](CS(C)(=O)=O)c1ncc(F)cc1F. The molecule has 4 rings (SSSR count). The van der Waals surface area contributed by atoms with Crippen LogP contribution in [-0.2, 0) is 9.84 Å². The van der Waals surface area contributed by atoms with Crippen LogP contribution in [0.25, 0.3) is 11.5 Å². The number of aromatic nitrogens is 2. The summed E-state index contributed by atoms with van der Waals surface area (Å²) in [5.41, 5.74) is 5.38. The molecule has 0 aliphatic heterocycles. The lowest BCUT2D eigenvalue weighted by molar-refractivity contribution is -0.0515. The molecule has 0 saturated heterocycles. The first-order chi connectivity index (χ1) is 18.8. The van der Waals surface area contributed by atoms with Gasteiger partial charge < -0.3 is 24.9 Å². The number of hydrogen-bond donors (Lipinski definition) is 2. The van der Waals surface area contributed by atoms with E-state index in [1.165, 1.54) is 25.1 Å². The lowest BCUT2D eigenvalue weighted by atomic mass is 10.1. The van der Waals surface area contributed by atoms with Crippen molar-refractivity contribution in [2.75, 3.05) is 18.6 Å². The number of carbonyl (C=O) groups excluding carboxylic acids is 1. The zero-order valence-electron chi connectivity index (χ0n) is 21.4. The molecule has 2 heterocycles. The molecule has 1 aromatic carbocycles. The second-order valence-corrected chi connectivity index (χ2v) is 11.6. The van der Waals surface area contributed by atoms with E-state index in [2.05, 4.69) is 20.0 Å². The summed E-state index contributed by atoms with van der Waals surface area (Å²) in [6.07, 6.45) is 3.47. The van der Waals surface area contributed by atoms with E-state index in [-0.39, 0.29) is 34.4 Å². The third-order valence-corrected chi connectivity index (χ3v) is 6.74. The molecular formula is C25H26F4N4O6S. The number of benzene rings is 1. The first-order valence-electron chi connectivity index (χ1n) is 12.1. The van der Waals surface area contributed by atoms with Crippen molar-refractivity contribution in [3.63, 3.8) is 0 Å². The van der Waals surface area contributed by atoms with Gasteiger partial charge in [0, 0.05) is 17.9 Å². The Kier molecular flexibility index (Phi) is 8.63. The predicted molar refractivity (Wildman–Crippen MR) is 133 cm³/mol. The zero-order chi connectivity index (χ0) is 29.2. The third-order valence-electron chi connectivity index (χ3n) is 5.80. The van der Waals surface area contributed by atoms with E-state index in [1.54, 1.807) is 0 Å². The molecule has 0 unspecified atom stereocenters. The maximum absolute atomic E-state index is 14.5. The van der Waals surface area contributed by atoms with Crippen LogP contribution in [0.1, 0.15) is 53.8 Å². The highest BCUT2D eigenvalue weighted by atomic mass is 32.2. The van der Waals surface area contributed by atoms with Gasteiger partial charge in [0.15, 0.2) is 23.0 Å². The van der Waals surface area contributed by atoms with Crippen LogP contribution in [0.15, 0.2) is 34.9 Å². The van der Waals surface area contributed by atoms with E-state index in [0.29, 0.717) is 24.8 Å². The monoisotopic (exact) mass is 586 g/mol. The Bertz CT molecular complexity index is 1490. The van der Waals surface area contributed by atoms with Gasteiger partial charge in [0.1, 0.15) is 21.5 Å². The van der Waals surface area contributed by atoms with Gasteiger partial charge in [0.05, 0.1) is 36.3 Å². The van der Waals surface area contributed by atoms with Crippen LogP contribution < -0.4 is 20.5 Å². The summed E-state index contributed by atoms with van der Waals surface area (Å²) in [4.78, 5) is 21.1. The molecule has 1 saturated carbocycles. The molecule has 0 radical (unpaired) electrons. The minimum atomic E-state index is -3.78. The Balaban J connectivity index is 1.67. The minimum Gasteiger partial charge on any atom is -0.489 e. The number of nitrogens with zero attached hydrogens (tertiary/aromatic N) is 2. The molecule has 1 aliphatic rings. The number of nitrogens with one attached hydrogen (secondary N) is 1. The van der Waals surface area contributed by atoms with Gasteiger partial charge in [-0.15, -0.1) is 0 Å². The molecule has 0 spiro atoms. The molecule has 15 heteroatoms. The van der Waals surface area contributed by atoms with Crippen molar-refractivity contribution in [3.05, 3.63) is 59.2 Å². The lowest BCUT2D eigenvalue weighted by Crippen LogP contribution is -2.35. The van der Waals surface area contributed by atoms with Crippen molar-refractivity contribution < 1.29 is 44.7 Å². The highest BCUT2D eigenvalue weighted by Gasteiger charge is 2.30. The second-order valence-electron chi connectivity index (χ2n) is 9.45. The average molecular weight is 587 g/mol. The third kappa shape index (κ3) is 7.47. The number of pyridine rings is 1. The molecule has 1 aliphatic carbocycles. The Morgan fingerprint density at radius 3 is 2.55 bits per heavy atom. The van der Waals surface area contributed by atoms with E-state index in [4.69, 9.17) is 14.9 Å². The van der Waals surface area contributed by atoms with Gasteiger partial charge in [-0.2, -0.15) is 8.78 Å². The van der Waals surface area contributed by atoms with Gasteiger partial charge in [0.25, 0.3) is 5.91 Å². The minimum absolute atomic E-state index is 0.0160. The number of ether oxygens (including phenoxy) is 2. The molecule has 3 N–H and O–H groups in total. The molecule has 40 heavy (non-hydrogen) atoms. The van der Waals surface area contributed by atoms with Crippen LogP contribution in [0, 0.1) is 17.6 Å². The van der Waals surface area contributed by atoms with Crippen molar-refractivity contribution in [1.82, 2.24) is 15.3 Å². The summed E-state index contributed by atoms with van der Waals surface area (Å²) >= 11 is 0. The number of nitrogens with two attached hydrogens (primary N) is 1. The average Bonchev–Trinajstić information content (AvgIpc) is 3.56. The molecular weight excluding hydrogens is 560 g/mol. The maximum atomic E-state index is 14.5. The van der Waals surface area contributed by atoms with Gasteiger partial charge in [-0.05, 0) is 43.9 Å². The van der Waals surface area contributed by atoms with Crippen LogP contribution in [0.5, 0.6) is 11.5 Å². The molecule has 3 aromatic rings. The summed E-state index contributed by atoms with van der Waals surface area (Å²) in [5.74, 6) is -3.96. The fourth-order valence-corrected chi connectivity index (χ4v) is 4.61. The van der Waals surface area contributed by atoms with Crippen LogP contribution in [-0.4, -0.2) is 49.5 Å². The van der Waals surface area contributed by atoms with Gasteiger partial charge in [-0.3, -0.25) is 9.78 Å². The van der Waals surface area contributed by atoms with Crippen LogP contribution >= 0.6 is 0 Å². The molecule has 1 fully saturated rings. The Morgan fingerprint density at radius 2 is 1.95 bits per heavy atom. The number of rotatable bonds is 12. The number of oxazole rings is 1. The summed E-state index contributed by atoms with van der Waals surface area (Å²) in [6, 6.07) is 2.10. The van der Waals surface area contributed by atoms with Crippen LogP contribution in [0.4, 0.5) is 17.6 Å². The van der Waals surface area contributed by atoms with Gasteiger partial charge in [0.2, 0.25) is 5.89 Å². The number of carbonyl (C=O) groups is 1. The Morgan fingerprint density at radius 1 is 1.23 bits per heavy atom.